The van der Waals surface area contributed by atoms with Gasteiger partial charge in [-0.3, -0.25) is 4.90 Å². The molecule has 0 amide bonds. The standard InChI is InChI=1S/C13H24N6/c1-4-11-12(16-8-17-13(11)18-14)15-7-9(2)19(3)10-5-6-10/h8-10H,4-7,14H2,1-3H3,(H2,15,16,17,18). The Morgan fingerprint density at radius 1 is 1.42 bits per heavy atom. The summed E-state index contributed by atoms with van der Waals surface area (Å²) in [6.45, 7) is 5.19. The van der Waals surface area contributed by atoms with Crippen LogP contribution in [0, 0.1) is 0 Å². The van der Waals surface area contributed by atoms with Crippen LogP contribution in [0.3, 0.4) is 0 Å². The largest absolute Gasteiger partial charge is 0.368 e. The van der Waals surface area contributed by atoms with Crippen molar-refractivity contribution < 1.29 is 0 Å². The van der Waals surface area contributed by atoms with Crippen molar-refractivity contribution in [3.63, 3.8) is 0 Å². The zero-order valence-electron chi connectivity index (χ0n) is 12.0. The van der Waals surface area contributed by atoms with E-state index < -0.39 is 0 Å². The SMILES string of the molecule is CCc1c(NN)ncnc1NCC(C)N(C)C1CC1. The molecule has 6 nitrogen and oxygen atoms in total. The summed E-state index contributed by atoms with van der Waals surface area (Å²) in [7, 11) is 2.19. The number of hydrogen-bond donors (Lipinski definition) is 3. The second-order valence-electron chi connectivity index (χ2n) is 5.17. The molecule has 1 heterocycles. The number of nitrogens with two attached hydrogens (primary N) is 1. The van der Waals surface area contributed by atoms with Crippen molar-refractivity contribution in [3.05, 3.63) is 11.9 Å². The second-order valence-corrected chi connectivity index (χ2v) is 5.17. The molecule has 1 aromatic rings. The number of nitrogens with one attached hydrogen (secondary N) is 2. The maximum absolute atomic E-state index is 5.47. The van der Waals surface area contributed by atoms with Crippen molar-refractivity contribution in [2.45, 2.75) is 45.2 Å². The van der Waals surface area contributed by atoms with Crippen LogP contribution in [0.5, 0.6) is 0 Å². The van der Waals surface area contributed by atoms with Crippen molar-refractivity contribution in [2.24, 2.45) is 5.84 Å². The first-order valence-electron chi connectivity index (χ1n) is 6.93. The van der Waals surface area contributed by atoms with Crippen LogP contribution in [0.15, 0.2) is 6.33 Å². The summed E-state index contributed by atoms with van der Waals surface area (Å²) >= 11 is 0. The second kappa shape index (κ2) is 6.16. The Bertz CT molecular complexity index is 418. The average Bonchev–Trinajstić information content (AvgIpc) is 3.27. The summed E-state index contributed by atoms with van der Waals surface area (Å²) < 4.78 is 0. The highest BCUT2D eigenvalue weighted by molar-refractivity contribution is 5.56. The molecule has 0 aromatic carbocycles. The summed E-state index contributed by atoms with van der Waals surface area (Å²) in [5.41, 5.74) is 3.66. The van der Waals surface area contributed by atoms with Gasteiger partial charge in [0.1, 0.15) is 18.0 Å². The molecule has 1 atom stereocenters. The minimum absolute atomic E-state index is 0.487. The Labute approximate surface area is 114 Å². The molecule has 1 aromatic heterocycles. The fraction of sp³-hybridized carbons (Fsp3) is 0.692. The van der Waals surface area contributed by atoms with E-state index >= 15 is 0 Å². The minimum atomic E-state index is 0.487. The molecule has 1 unspecified atom stereocenters. The Kier molecular flexibility index (Phi) is 4.55. The Morgan fingerprint density at radius 3 is 2.68 bits per heavy atom. The lowest BCUT2D eigenvalue weighted by Crippen LogP contribution is -2.36. The van der Waals surface area contributed by atoms with Crippen LogP contribution >= 0.6 is 0 Å². The van der Waals surface area contributed by atoms with Crippen LogP contribution < -0.4 is 16.6 Å². The number of nitrogens with zero attached hydrogens (tertiary/aromatic N) is 3. The average molecular weight is 264 g/mol. The van der Waals surface area contributed by atoms with Crippen LogP contribution in [0.25, 0.3) is 0 Å². The fourth-order valence-corrected chi connectivity index (χ4v) is 2.25. The van der Waals surface area contributed by atoms with Gasteiger partial charge in [0.15, 0.2) is 0 Å². The van der Waals surface area contributed by atoms with Crippen molar-refractivity contribution in [3.8, 4) is 0 Å². The number of likely N-dealkylation sites (N-methyl/N-ethyl adjacent to an activating group) is 1. The Morgan fingerprint density at radius 2 is 2.11 bits per heavy atom. The lowest BCUT2D eigenvalue weighted by molar-refractivity contribution is 0.257. The Balaban J connectivity index is 1.98. The summed E-state index contributed by atoms with van der Waals surface area (Å²) in [4.78, 5) is 10.9. The van der Waals surface area contributed by atoms with Crippen LogP contribution in [0.4, 0.5) is 11.6 Å². The number of anilines is 2. The molecule has 0 radical (unpaired) electrons. The van der Waals surface area contributed by atoms with Crippen LogP contribution in [-0.2, 0) is 6.42 Å². The van der Waals surface area contributed by atoms with Gasteiger partial charge in [-0.15, -0.1) is 0 Å². The molecule has 2 rings (SSSR count). The van der Waals surface area contributed by atoms with E-state index in [1.807, 2.05) is 0 Å². The maximum atomic E-state index is 5.47. The molecule has 0 bridgehead atoms. The first-order valence-corrected chi connectivity index (χ1v) is 6.93. The Hall–Kier alpha value is -1.40. The van der Waals surface area contributed by atoms with Gasteiger partial charge in [0, 0.05) is 24.2 Å². The maximum Gasteiger partial charge on any atom is 0.148 e. The summed E-state index contributed by atoms with van der Waals surface area (Å²) in [5, 5.41) is 3.41. The van der Waals surface area contributed by atoms with Gasteiger partial charge in [-0.2, -0.15) is 0 Å². The lowest BCUT2D eigenvalue weighted by atomic mass is 10.2. The molecule has 1 aliphatic rings. The van der Waals surface area contributed by atoms with Gasteiger partial charge in [0.25, 0.3) is 0 Å². The zero-order chi connectivity index (χ0) is 13.8. The molecule has 106 valence electrons. The molecule has 1 fully saturated rings. The van der Waals surface area contributed by atoms with E-state index in [9.17, 15) is 0 Å². The normalized spacial score (nSPS) is 16.5. The van der Waals surface area contributed by atoms with E-state index in [4.69, 9.17) is 5.84 Å². The molecule has 19 heavy (non-hydrogen) atoms. The predicted octanol–water partition coefficient (Wildman–Crippen LogP) is 1.22. The van der Waals surface area contributed by atoms with Crippen molar-refractivity contribution in [1.82, 2.24) is 14.9 Å². The number of hydrogen-bond acceptors (Lipinski definition) is 6. The molecule has 1 saturated carbocycles. The third-order valence-corrected chi connectivity index (χ3v) is 3.82. The summed E-state index contributed by atoms with van der Waals surface area (Å²) in [6, 6.07) is 1.26. The third-order valence-electron chi connectivity index (χ3n) is 3.82. The smallest absolute Gasteiger partial charge is 0.148 e. The fourth-order valence-electron chi connectivity index (χ4n) is 2.25. The van der Waals surface area contributed by atoms with E-state index in [-0.39, 0.29) is 0 Å². The molecule has 0 saturated heterocycles. The summed E-state index contributed by atoms with van der Waals surface area (Å²) in [6.07, 6.45) is 5.03. The predicted molar refractivity (Wildman–Crippen MR) is 78.0 cm³/mol. The number of rotatable bonds is 7. The summed E-state index contributed by atoms with van der Waals surface area (Å²) in [5.74, 6) is 7.04. The number of hydrazine groups is 1. The number of aromatic nitrogens is 2. The van der Waals surface area contributed by atoms with E-state index in [0.717, 1.165) is 30.4 Å². The first kappa shape index (κ1) is 14.0. The van der Waals surface area contributed by atoms with Crippen LogP contribution in [-0.4, -0.2) is 40.5 Å². The van der Waals surface area contributed by atoms with Gasteiger partial charge < -0.3 is 10.7 Å². The monoisotopic (exact) mass is 264 g/mol. The van der Waals surface area contributed by atoms with Gasteiger partial charge in [0.05, 0.1) is 0 Å². The van der Waals surface area contributed by atoms with Crippen molar-refractivity contribution in [2.75, 3.05) is 24.3 Å². The van der Waals surface area contributed by atoms with Gasteiger partial charge >= 0.3 is 0 Å². The van der Waals surface area contributed by atoms with E-state index in [0.29, 0.717) is 11.9 Å². The third kappa shape index (κ3) is 3.33. The van der Waals surface area contributed by atoms with Gasteiger partial charge in [0.2, 0.25) is 0 Å². The molecular weight excluding hydrogens is 240 g/mol. The highest BCUT2D eigenvalue weighted by atomic mass is 15.3. The van der Waals surface area contributed by atoms with Crippen LogP contribution in [0.2, 0.25) is 0 Å². The van der Waals surface area contributed by atoms with E-state index in [1.165, 1.54) is 19.2 Å². The van der Waals surface area contributed by atoms with E-state index in [1.54, 1.807) is 0 Å². The highest BCUT2D eigenvalue weighted by Gasteiger charge is 2.29. The lowest BCUT2D eigenvalue weighted by Gasteiger charge is -2.25. The zero-order valence-corrected chi connectivity index (χ0v) is 12.0. The van der Waals surface area contributed by atoms with Gasteiger partial charge in [-0.25, -0.2) is 15.8 Å². The molecular formula is C13H24N6. The van der Waals surface area contributed by atoms with Gasteiger partial charge in [-0.05, 0) is 33.2 Å². The molecule has 0 spiro atoms. The van der Waals surface area contributed by atoms with Gasteiger partial charge in [-0.1, -0.05) is 6.92 Å². The minimum Gasteiger partial charge on any atom is -0.368 e. The number of nitrogen functional groups attached to an aromatic ring is 1. The molecule has 0 aliphatic heterocycles. The topological polar surface area (TPSA) is 79.1 Å². The first-order chi connectivity index (χ1) is 9.17. The quantitative estimate of drug-likeness (QED) is 0.507. The van der Waals surface area contributed by atoms with Crippen LogP contribution in [0.1, 0.15) is 32.3 Å². The highest BCUT2D eigenvalue weighted by Crippen LogP contribution is 2.27. The van der Waals surface area contributed by atoms with Crippen molar-refractivity contribution in [1.29, 1.82) is 0 Å². The van der Waals surface area contributed by atoms with E-state index in [2.05, 4.69) is 46.5 Å². The van der Waals surface area contributed by atoms with Crippen molar-refractivity contribution >= 4 is 11.6 Å². The molecule has 1 aliphatic carbocycles. The molecule has 4 N–H and O–H groups in total. The molecule has 6 heteroatoms.